The lowest BCUT2D eigenvalue weighted by Gasteiger charge is -2.16. The second-order valence-corrected chi connectivity index (χ2v) is 5.73. The molecule has 2 aromatic rings. The van der Waals surface area contributed by atoms with Crippen molar-refractivity contribution in [2.75, 3.05) is 35.0 Å². The molecule has 0 N–H and O–H groups in total. The zero-order valence-electron chi connectivity index (χ0n) is 16.5. The summed E-state index contributed by atoms with van der Waals surface area (Å²) in [6, 6.07) is 8.75. The number of methoxy groups -OCH3 is 4. The summed E-state index contributed by atoms with van der Waals surface area (Å²) in [6.45, 7) is 2.41. The molecule has 0 aliphatic rings. The van der Waals surface area contributed by atoms with Crippen molar-refractivity contribution in [2.24, 2.45) is 0 Å². The first-order valence-electron chi connectivity index (χ1n) is 8.70. The van der Waals surface area contributed by atoms with Crippen LogP contribution in [0.4, 0.5) is 0 Å². The smallest absolute Gasteiger partial charge is 0.163 e. The summed E-state index contributed by atoms with van der Waals surface area (Å²) in [4.78, 5) is 12.7. The summed E-state index contributed by atoms with van der Waals surface area (Å²) in [5.41, 5.74) is 1.41. The van der Waals surface area contributed by atoms with Gasteiger partial charge in [-0.15, -0.1) is 0 Å². The SMILES string of the molecule is CCOc1cc(OC)cc(OC)c1CCC(=O)c1ccc(OC)c(OC)c1. The first-order chi connectivity index (χ1) is 13.1. The number of ketones is 1. The minimum Gasteiger partial charge on any atom is -0.496 e. The molecule has 0 saturated heterocycles. The van der Waals surface area contributed by atoms with Crippen LogP contribution < -0.4 is 23.7 Å². The number of rotatable bonds is 10. The Morgan fingerprint density at radius 1 is 0.815 bits per heavy atom. The Labute approximate surface area is 160 Å². The van der Waals surface area contributed by atoms with E-state index in [0.717, 1.165) is 5.56 Å². The summed E-state index contributed by atoms with van der Waals surface area (Å²) >= 11 is 0. The zero-order valence-corrected chi connectivity index (χ0v) is 16.5. The number of benzene rings is 2. The van der Waals surface area contributed by atoms with Crippen molar-refractivity contribution in [1.29, 1.82) is 0 Å². The maximum atomic E-state index is 12.7. The van der Waals surface area contributed by atoms with Crippen LogP contribution in [0.2, 0.25) is 0 Å². The second kappa shape index (κ2) is 9.71. The van der Waals surface area contributed by atoms with Gasteiger partial charge in [0.1, 0.15) is 17.2 Å². The third-order valence-electron chi connectivity index (χ3n) is 4.20. The summed E-state index contributed by atoms with van der Waals surface area (Å²) in [5, 5.41) is 0. The minimum absolute atomic E-state index is 0.00345. The number of hydrogen-bond donors (Lipinski definition) is 0. The Balaban J connectivity index is 2.23. The molecule has 2 rings (SSSR count). The highest BCUT2D eigenvalue weighted by Gasteiger charge is 2.17. The monoisotopic (exact) mass is 374 g/mol. The fraction of sp³-hybridized carbons (Fsp3) is 0.381. The van der Waals surface area contributed by atoms with Gasteiger partial charge in [-0.3, -0.25) is 4.79 Å². The van der Waals surface area contributed by atoms with E-state index in [2.05, 4.69) is 0 Å². The van der Waals surface area contributed by atoms with Gasteiger partial charge in [0.25, 0.3) is 0 Å². The number of carbonyl (C=O) groups excluding carboxylic acids is 1. The van der Waals surface area contributed by atoms with Gasteiger partial charge in [0.2, 0.25) is 0 Å². The molecule has 0 unspecified atom stereocenters. The predicted octanol–water partition coefficient (Wildman–Crippen LogP) is 3.94. The summed E-state index contributed by atoms with van der Waals surface area (Å²) < 4.78 is 27.0. The molecule has 0 radical (unpaired) electrons. The fourth-order valence-corrected chi connectivity index (χ4v) is 2.82. The summed E-state index contributed by atoms with van der Waals surface area (Å²) in [5.74, 6) is 3.05. The molecule has 27 heavy (non-hydrogen) atoms. The van der Waals surface area contributed by atoms with Crippen molar-refractivity contribution in [3.05, 3.63) is 41.5 Å². The quantitative estimate of drug-likeness (QED) is 0.587. The molecular formula is C21H26O6. The van der Waals surface area contributed by atoms with Crippen LogP contribution >= 0.6 is 0 Å². The molecular weight excluding hydrogens is 348 g/mol. The Bertz CT molecular complexity index is 784. The summed E-state index contributed by atoms with van der Waals surface area (Å²) in [6.07, 6.45) is 0.786. The van der Waals surface area contributed by atoms with Gasteiger partial charge >= 0.3 is 0 Å². The molecule has 0 atom stereocenters. The second-order valence-electron chi connectivity index (χ2n) is 5.73. The van der Waals surface area contributed by atoms with Crippen molar-refractivity contribution in [2.45, 2.75) is 19.8 Å². The van der Waals surface area contributed by atoms with Gasteiger partial charge in [-0.25, -0.2) is 0 Å². The first kappa shape index (κ1) is 20.4. The van der Waals surface area contributed by atoms with E-state index in [1.54, 1.807) is 52.7 Å². The molecule has 6 nitrogen and oxygen atoms in total. The first-order valence-corrected chi connectivity index (χ1v) is 8.70. The van der Waals surface area contributed by atoms with E-state index in [4.69, 9.17) is 23.7 Å². The van der Waals surface area contributed by atoms with Crippen molar-refractivity contribution in [3.8, 4) is 28.7 Å². The lowest BCUT2D eigenvalue weighted by Crippen LogP contribution is -2.06. The maximum Gasteiger partial charge on any atom is 0.163 e. The minimum atomic E-state index is -0.00345. The van der Waals surface area contributed by atoms with Crippen LogP contribution in [0.3, 0.4) is 0 Å². The van der Waals surface area contributed by atoms with Crippen LogP contribution in [0, 0.1) is 0 Å². The molecule has 0 aromatic heterocycles. The van der Waals surface area contributed by atoms with Crippen LogP contribution in [0.25, 0.3) is 0 Å². The summed E-state index contributed by atoms with van der Waals surface area (Å²) in [7, 11) is 6.28. The van der Waals surface area contributed by atoms with E-state index < -0.39 is 0 Å². The van der Waals surface area contributed by atoms with E-state index in [1.165, 1.54) is 0 Å². The van der Waals surface area contributed by atoms with Gasteiger partial charge in [-0.05, 0) is 31.5 Å². The lowest BCUT2D eigenvalue weighted by molar-refractivity contribution is 0.0982. The number of carbonyl (C=O) groups is 1. The van der Waals surface area contributed by atoms with E-state index in [1.807, 2.05) is 13.0 Å². The molecule has 146 valence electrons. The normalized spacial score (nSPS) is 10.3. The number of Topliss-reactive ketones (excluding diaryl/α,β-unsaturated/α-hetero) is 1. The van der Waals surface area contributed by atoms with E-state index >= 15 is 0 Å². The highest BCUT2D eigenvalue weighted by molar-refractivity contribution is 5.96. The molecule has 0 amide bonds. The Morgan fingerprint density at radius 3 is 2.07 bits per heavy atom. The van der Waals surface area contributed by atoms with Crippen molar-refractivity contribution in [1.82, 2.24) is 0 Å². The van der Waals surface area contributed by atoms with Crippen LogP contribution in [-0.4, -0.2) is 40.8 Å². The highest BCUT2D eigenvalue weighted by Crippen LogP contribution is 2.35. The topological polar surface area (TPSA) is 63.2 Å². The number of hydrogen-bond acceptors (Lipinski definition) is 6. The van der Waals surface area contributed by atoms with Crippen molar-refractivity contribution < 1.29 is 28.5 Å². The molecule has 0 spiro atoms. The average Bonchev–Trinajstić information content (AvgIpc) is 2.71. The van der Waals surface area contributed by atoms with Crippen LogP contribution in [0.15, 0.2) is 30.3 Å². The third kappa shape index (κ3) is 4.84. The van der Waals surface area contributed by atoms with Crippen LogP contribution in [0.1, 0.15) is 29.3 Å². The fourth-order valence-electron chi connectivity index (χ4n) is 2.82. The molecule has 0 aliphatic carbocycles. The van der Waals surface area contributed by atoms with E-state index in [0.29, 0.717) is 53.8 Å². The Morgan fingerprint density at radius 2 is 1.48 bits per heavy atom. The highest BCUT2D eigenvalue weighted by atomic mass is 16.5. The average molecular weight is 374 g/mol. The predicted molar refractivity (Wildman–Crippen MR) is 103 cm³/mol. The van der Waals surface area contributed by atoms with Gasteiger partial charge in [-0.2, -0.15) is 0 Å². The standard InChI is InChI=1S/C21H26O6/c1-6-27-20-13-15(23-2)12-19(25-4)16(20)8-9-17(22)14-7-10-18(24-3)21(11-14)26-5/h7,10-13H,6,8-9H2,1-5H3. The van der Waals surface area contributed by atoms with Gasteiger partial charge in [0.05, 0.1) is 35.0 Å². The van der Waals surface area contributed by atoms with Crippen molar-refractivity contribution in [3.63, 3.8) is 0 Å². The van der Waals surface area contributed by atoms with E-state index in [-0.39, 0.29) is 5.78 Å². The number of ether oxygens (including phenoxy) is 5. The molecule has 0 bridgehead atoms. The van der Waals surface area contributed by atoms with E-state index in [9.17, 15) is 4.79 Å². The van der Waals surface area contributed by atoms with Gasteiger partial charge in [0, 0.05) is 29.7 Å². The zero-order chi connectivity index (χ0) is 19.8. The van der Waals surface area contributed by atoms with Gasteiger partial charge in [0.15, 0.2) is 17.3 Å². The van der Waals surface area contributed by atoms with Gasteiger partial charge < -0.3 is 23.7 Å². The Hall–Kier alpha value is -2.89. The van der Waals surface area contributed by atoms with Crippen LogP contribution in [-0.2, 0) is 6.42 Å². The molecule has 0 saturated carbocycles. The molecule has 0 aliphatic heterocycles. The maximum absolute atomic E-state index is 12.7. The molecule has 6 heteroatoms. The molecule has 0 fully saturated rings. The lowest BCUT2D eigenvalue weighted by atomic mass is 10.0. The molecule has 2 aromatic carbocycles. The Kier molecular flexibility index (Phi) is 7.34. The van der Waals surface area contributed by atoms with Crippen molar-refractivity contribution >= 4 is 5.78 Å². The van der Waals surface area contributed by atoms with Gasteiger partial charge in [-0.1, -0.05) is 0 Å². The molecule has 0 heterocycles. The largest absolute Gasteiger partial charge is 0.496 e. The third-order valence-corrected chi connectivity index (χ3v) is 4.20. The van der Waals surface area contributed by atoms with Crippen LogP contribution in [0.5, 0.6) is 28.7 Å².